The number of piperazine rings is 1. The smallest absolute Gasteiger partial charge is 0.246 e. The Labute approximate surface area is 220 Å². The molecule has 0 saturated carbocycles. The van der Waals surface area contributed by atoms with Gasteiger partial charge in [-0.3, -0.25) is 9.59 Å². The van der Waals surface area contributed by atoms with Gasteiger partial charge in [0.15, 0.2) is 0 Å². The minimum absolute atomic E-state index is 0.00712. The van der Waals surface area contributed by atoms with Crippen LogP contribution in [0.2, 0.25) is 0 Å². The van der Waals surface area contributed by atoms with Crippen molar-refractivity contribution in [3.8, 4) is 0 Å². The zero-order chi connectivity index (χ0) is 25.5. The highest BCUT2D eigenvalue weighted by Crippen LogP contribution is 2.35. The summed E-state index contributed by atoms with van der Waals surface area (Å²) in [5, 5.41) is 3.13. The SMILES string of the molecule is O=C1C(Cc2ccccc2)NC(=O)C2(CCN(CCCCc3ccccc3)CC2)N1Cc1ccccc1. The van der Waals surface area contributed by atoms with Crippen molar-refractivity contribution in [2.24, 2.45) is 0 Å². The first-order valence-corrected chi connectivity index (χ1v) is 13.6. The molecule has 0 aromatic heterocycles. The Morgan fingerprint density at radius 2 is 1.30 bits per heavy atom. The van der Waals surface area contributed by atoms with Crippen molar-refractivity contribution >= 4 is 11.8 Å². The molecule has 1 N–H and O–H groups in total. The summed E-state index contributed by atoms with van der Waals surface area (Å²) in [7, 11) is 0. The molecule has 3 aromatic rings. The molecule has 3 aromatic carbocycles. The van der Waals surface area contributed by atoms with E-state index in [9.17, 15) is 9.59 Å². The van der Waals surface area contributed by atoms with Crippen molar-refractivity contribution < 1.29 is 9.59 Å². The Balaban J connectivity index is 1.25. The normalized spacial score (nSPS) is 19.7. The molecule has 2 heterocycles. The molecule has 2 aliphatic rings. The van der Waals surface area contributed by atoms with Crippen LogP contribution < -0.4 is 5.32 Å². The largest absolute Gasteiger partial charge is 0.342 e. The number of aryl methyl sites for hydroxylation is 1. The lowest BCUT2D eigenvalue weighted by Gasteiger charge is -2.51. The van der Waals surface area contributed by atoms with Gasteiger partial charge in [0.1, 0.15) is 11.6 Å². The average molecular weight is 496 g/mol. The third-order valence-electron chi connectivity index (χ3n) is 7.99. The molecule has 37 heavy (non-hydrogen) atoms. The summed E-state index contributed by atoms with van der Waals surface area (Å²) in [4.78, 5) is 32.0. The predicted molar refractivity (Wildman–Crippen MR) is 147 cm³/mol. The second-order valence-corrected chi connectivity index (χ2v) is 10.4. The maximum Gasteiger partial charge on any atom is 0.246 e. The Morgan fingerprint density at radius 1 is 0.730 bits per heavy atom. The standard InChI is InChI=1S/C32H37N3O2/c36-30-29(24-27-15-6-2-7-16-27)33-31(37)32(35(30)25-28-17-8-3-9-18-28)19-22-34(23-20-32)21-11-10-14-26-12-4-1-5-13-26/h1-9,12-13,15-18,29H,10-11,14,19-25H2,(H,33,37). The lowest BCUT2D eigenvalue weighted by molar-refractivity contribution is -0.162. The van der Waals surface area contributed by atoms with Crippen molar-refractivity contribution in [2.45, 2.75) is 56.7 Å². The number of hydrogen-bond donors (Lipinski definition) is 1. The van der Waals surface area contributed by atoms with Crippen LogP contribution in [0.1, 0.15) is 42.4 Å². The second kappa shape index (κ2) is 11.7. The zero-order valence-corrected chi connectivity index (χ0v) is 21.5. The molecule has 1 unspecified atom stereocenters. The van der Waals surface area contributed by atoms with Crippen molar-refractivity contribution in [3.05, 3.63) is 108 Å². The molecule has 5 nitrogen and oxygen atoms in total. The van der Waals surface area contributed by atoms with E-state index in [1.54, 1.807) is 0 Å². The first-order chi connectivity index (χ1) is 18.1. The van der Waals surface area contributed by atoms with Gasteiger partial charge in [-0.15, -0.1) is 0 Å². The van der Waals surface area contributed by atoms with E-state index in [0.717, 1.165) is 50.0 Å². The van der Waals surface area contributed by atoms with Gasteiger partial charge in [0.2, 0.25) is 11.8 Å². The third kappa shape index (κ3) is 5.94. The summed E-state index contributed by atoms with van der Waals surface area (Å²) in [5.74, 6) is 0.0382. The number of carbonyl (C=O) groups is 2. The fourth-order valence-electron chi connectivity index (χ4n) is 5.81. The van der Waals surface area contributed by atoms with Crippen molar-refractivity contribution in [3.63, 3.8) is 0 Å². The van der Waals surface area contributed by atoms with Crippen LogP contribution in [0.3, 0.4) is 0 Å². The molecule has 2 fully saturated rings. The third-order valence-corrected chi connectivity index (χ3v) is 7.99. The Hall–Kier alpha value is -3.44. The highest BCUT2D eigenvalue weighted by molar-refractivity contribution is 6.00. The number of nitrogens with zero attached hydrogens (tertiary/aromatic N) is 2. The van der Waals surface area contributed by atoms with Gasteiger partial charge in [0.25, 0.3) is 0 Å². The summed E-state index contributed by atoms with van der Waals surface area (Å²) in [6, 6.07) is 30.1. The Kier molecular flexibility index (Phi) is 8.00. The molecule has 2 aliphatic heterocycles. The fourth-order valence-corrected chi connectivity index (χ4v) is 5.81. The van der Waals surface area contributed by atoms with E-state index < -0.39 is 11.6 Å². The molecule has 0 radical (unpaired) electrons. The number of nitrogens with one attached hydrogen (secondary N) is 1. The molecule has 1 atom stereocenters. The number of likely N-dealkylation sites (tertiary alicyclic amines) is 1. The van der Waals surface area contributed by atoms with Crippen molar-refractivity contribution in [1.29, 1.82) is 0 Å². The van der Waals surface area contributed by atoms with E-state index in [1.165, 1.54) is 5.56 Å². The lowest BCUT2D eigenvalue weighted by Crippen LogP contribution is -2.72. The molecule has 0 aliphatic carbocycles. The molecule has 5 rings (SSSR count). The Bertz CT molecular complexity index is 1160. The van der Waals surface area contributed by atoms with Crippen LogP contribution in [0.15, 0.2) is 91.0 Å². The summed E-state index contributed by atoms with van der Waals surface area (Å²) < 4.78 is 0. The van der Waals surface area contributed by atoms with Crippen LogP contribution in [-0.2, 0) is 29.0 Å². The highest BCUT2D eigenvalue weighted by Gasteiger charge is 2.53. The molecule has 5 heteroatoms. The van der Waals surface area contributed by atoms with Crippen LogP contribution in [0.25, 0.3) is 0 Å². The number of carbonyl (C=O) groups excluding carboxylic acids is 2. The maximum absolute atomic E-state index is 13.9. The maximum atomic E-state index is 13.9. The van der Waals surface area contributed by atoms with Gasteiger partial charge in [-0.05, 0) is 55.3 Å². The van der Waals surface area contributed by atoms with E-state index in [4.69, 9.17) is 0 Å². The summed E-state index contributed by atoms with van der Waals surface area (Å²) >= 11 is 0. The second-order valence-electron chi connectivity index (χ2n) is 10.4. The van der Waals surface area contributed by atoms with E-state index in [2.05, 4.69) is 40.5 Å². The van der Waals surface area contributed by atoms with Crippen LogP contribution >= 0.6 is 0 Å². The van der Waals surface area contributed by atoms with E-state index in [1.807, 2.05) is 65.6 Å². The van der Waals surface area contributed by atoms with Crippen LogP contribution in [-0.4, -0.2) is 52.8 Å². The molecule has 2 saturated heterocycles. The van der Waals surface area contributed by atoms with Gasteiger partial charge in [-0.25, -0.2) is 0 Å². The summed E-state index contributed by atoms with van der Waals surface area (Å²) in [5.41, 5.74) is 2.73. The van der Waals surface area contributed by atoms with Gasteiger partial charge in [-0.1, -0.05) is 91.0 Å². The number of hydrogen-bond acceptors (Lipinski definition) is 3. The van der Waals surface area contributed by atoms with Gasteiger partial charge in [0.05, 0.1) is 0 Å². The highest BCUT2D eigenvalue weighted by atomic mass is 16.2. The van der Waals surface area contributed by atoms with Gasteiger partial charge in [-0.2, -0.15) is 0 Å². The van der Waals surface area contributed by atoms with Gasteiger partial charge >= 0.3 is 0 Å². The Morgan fingerprint density at radius 3 is 1.92 bits per heavy atom. The van der Waals surface area contributed by atoms with Crippen molar-refractivity contribution in [1.82, 2.24) is 15.1 Å². The van der Waals surface area contributed by atoms with Gasteiger partial charge in [0, 0.05) is 26.1 Å². The lowest BCUT2D eigenvalue weighted by atomic mass is 9.80. The first-order valence-electron chi connectivity index (χ1n) is 13.6. The monoisotopic (exact) mass is 495 g/mol. The predicted octanol–water partition coefficient (Wildman–Crippen LogP) is 4.61. The minimum atomic E-state index is -0.777. The van der Waals surface area contributed by atoms with E-state index in [-0.39, 0.29) is 11.8 Å². The summed E-state index contributed by atoms with van der Waals surface area (Å²) in [6.07, 6.45) is 5.26. The molecule has 2 amide bonds. The molecule has 1 spiro atoms. The van der Waals surface area contributed by atoms with Crippen LogP contribution in [0, 0.1) is 0 Å². The number of piperidine rings is 1. The summed E-state index contributed by atoms with van der Waals surface area (Å²) in [6.45, 7) is 3.17. The van der Waals surface area contributed by atoms with E-state index >= 15 is 0 Å². The molecular weight excluding hydrogens is 458 g/mol. The molecular formula is C32H37N3O2. The van der Waals surface area contributed by atoms with Crippen molar-refractivity contribution in [2.75, 3.05) is 19.6 Å². The average Bonchev–Trinajstić information content (AvgIpc) is 2.95. The first kappa shape index (κ1) is 25.2. The molecule has 0 bridgehead atoms. The van der Waals surface area contributed by atoms with Gasteiger partial charge < -0.3 is 15.1 Å². The number of benzene rings is 3. The van der Waals surface area contributed by atoms with Crippen LogP contribution in [0.5, 0.6) is 0 Å². The molecule has 192 valence electrons. The number of amides is 2. The fraction of sp³-hybridized carbons (Fsp3) is 0.375. The van der Waals surface area contributed by atoms with Crippen LogP contribution in [0.4, 0.5) is 0 Å². The quantitative estimate of drug-likeness (QED) is 0.441. The number of rotatable bonds is 9. The topological polar surface area (TPSA) is 52.7 Å². The van der Waals surface area contributed by atoms with E-state index in [0.29, 0.717) is 25.8 Å². The minimum Gasteiger partial charge on any atom is -0.342 e. The zero-order valence-electron chi connectivity index (χ0n) is 21.5. The number of unbranched alkanes of at least 4 members (excludes halogenated alkanes) is 1.